The number of nitrogen functional groups attached to an aromatic ring is 1. The van der Waals surface area contributed by atoms with Gasteiger partial charge in [-0.3, -0.25) is 0 Å². The van der Waals surface area contributed by atoms with Crippen molar-refractivity contribution in [3.63, 3.8) is 0 Å². The first-order valence-corrected chi connectivity index (χ1v) is 6.72. The number of hydrogen-bond acceptors (Lipinski definition) is 3. The molecule has 2 rings (SSSR count). The molecular formula is C15H14BrNO2. The van der Waals surface area contributed by atoms with Gasteiger partial charge < -0.3 is 10.5 Å². The molecule has 0 aliphatic heterocycles. The topological polar surface area (TPSA) is 52.3 Å². The summed E-state index contributed by atoms with van der Waals surface area (Å²) < 4.78 is 5.99. The smallest absolute Gasteiger partial charge is 0.338 e. The molecule has 19 heavy (non-hydrogen) atoms. The van der Waals surface area contributed by atoms with Gasteiger partial charge in [0.1, 0.15) is 0 Å². The van der Waals surface area contributed by atoms with Crippen LogP contribution < -0.4 is 5.73 Å². The van der Waals surface area contributed by atoms with E-state index >= 15 is 0 Å². The molecule has 98 valence electrons. The molecule has 0 saturated heterocycles. The summed E-state index contributed by atoms with van der Waals surface area (Å²) in [6.45, 7) is 0.360. The monoisotopic (exact) mass is 319 g/mol. The first-order valence-electron chi connectivity index (χ1n) is 5.93. The number of rotatable bonds is 4. The van der Waals surface area contributed by atoms with Crippen LogP contribution in [-0.4, -0.2) is 12.6 Å². The van der Waals surface area contributed by atoms with E-state index in [-0.39, 0.29) is 5.97 Å². The molecule has 0 saturated carbocycles. The lowest BCUT2D eigenvalue weighted by Crippen LogP contribution is -2.08. The Morgan fingerprint density at radius 3 is 2.58 bits per heavy atom. The second-order valence-electron chi connectivity index (χ2n) is 4.11. The van der Waals surface area contributed by atoms with E-state index in [1.165, 1.54) is 0 Å². The van der Waals surface area contributed by atoms with E-state index in [4.69, 9.17) is 10.5 Å². The molecule has 3 nitrogen and oxygen atoms in total. The summed E-state index contributed by atoms with van der Waals surface area (Å²) in [6.07, 6.45) is 0.707. The molecule has 0 bridgehead atoms. The number of halogens is 1. The molecule has 0 aromatic heterocycles. The molecule has 0 spiro atoms. The minimum absolute atomic E-state index is 0.352. The summed E-state index contributed by atoms with van der Waals surface area (Å²) >= 11 is 3.28. The van der Waals surface area contributed by atoms with Crippen molar-refractivity contribution in [1.82, 2.24) is 0 Å². The lowest BCUT2D eigenvalue weighted by atomic mass is 10.2. The fourth-order valence-electron chi connectivity index (χ4n) is 1.66. The Labute approximate surface area is 120 Å². The predicted octanol–water partition coefficient (Wildman–Crippen LogP) is 3.43. The average molecular weight is 320 g/mol. The van der Waals surface area contributed by atoms with Crippen LogP contribution in [0.15, 0.2) is 53.0 Å². The summed E-state index contributed by atoms with van der Waals surface area (Å²) in [6, 6.07) is 14.9. The number of esters is 1. The van der Waals surface area contributed by atoms with Gasteiger partial charge in [-0.25, -0.2) is 4.79 Å². The maximum absolute atomic E-state index is 11.8. The normalized spacial score (nSPS) is 10.2. The van der Waals surface area contributed by atoms with Crippen LogP contribution in [0.25, 0.3) is 0 Å². The highest BCUT2D eigenvalue weighted by Gasteiger charge is 2.08. The van der Waals surface area contributed by atoms with Crippen LogP contribution >= 0.6 is 15.9 Å². The van der Waals surface area contributed by atoms with Gasteiger partial charge in [-0.15, -0.1) is 0 Å². The van der Waals surface area contributed by atoms with Crippen LogP contribution in [0.2, 0.25) is 0 Å². The van der Waals surface area contributed by atoms with Crippen LogP contribution in [-0.2, 0) is 11.2 Å². The van der Waals surface area contributed by atoms with Gasteiger partial charge in [0.15, 0.2) is 0 Å². The zero-order valence-corrected chi connectivity index (χ0v) is 11.9. The van der Waals surface area contributed by atoms with Crippen LogP contribution in [0.1, 0.15) is 15.9 Å². The van der Waals surface area contributed by atoms with Crippen LogP contribution in [0.3, 0.4) is 0 Å². The van der Waals surface area contributed by atoms with Crippen LogP contribution in [0, 0.1) is 0 Å². The van der Waals surface area contributed by atoms with E-state index in [1.807, 2.05) is 30.3 Å². The van der Waals surface area contributed by atoms with Gasteiger partial charge in [0.2, 0.25) is 0 Å². The number of benzene rings is 2. The van der Waals surface area contributed by atoms with Gasteiger partial charge >= 0.3 is 5.97 Å². The Hall–Kier alpha value is -1.81. The number of hydrogen-bond donors (Lipinski definition) is 1. The van der Waals surface area contributed by atoms with Crippen molar-refractivity contribution in [1.29, 1.82) is 0 Å². The Kier molecular flexibility index (Phi) is 4.58. The Morgan fingerprint density at radius 1 is 1.16 bits per heavy atom. The van der Waals surface area contributed by atoms with Gasteiger partial charge in [-0.1, -0.05) is 30.3 Å². The molecular weight excluding hydrogens is 306 g/mol. The number of nitrogens with two attached hydrogens (primary N) is 1. The molecule has 0 unspecified atom stereocenters. The molecule has 2 N–H and O–H groups in total. The van der Waals surface area contributed by atoms with Crippen molar-refractivity contribution in [3.8, 4) is 0 Å². The van der Waals surface area contributed by atoms with Gasteiger partial charge in [0, 0.05) is 16.6 Å². The zero-order valence-electron chi connectivity index (χ0n) is 10.3. The van der Waals surface area contributed by atoms with Crippen molar-refractivity contribution < 1.29 is 9.53 Å². The molecule has 4 heteroatoms. The maximum Gasteiger partial charge on any atom is 0.338 e. The summed E-state index contributed by atoms with van der Waals surface area (Å²) in [5, 5.41) is 0. The molecule has 0 aliphatic rings. The van der Waals surface area contributed by atoms with Crippen molar-refractivity contribution in [2.75, 3.05) is 12.3 Å². The highest BCUT2D eigenvalue weighted by Crippen LogP contribution is 2.20. The Bertz CT molecular complexity index is 570. The second-order valence-corrected chi connectivity index (χ2v) is 4.96. The van der Waals surface area contributed by atoms with Crippen LogP contribution in [0.4, 0.5) is 5.69 Å². The molecule has 0 heterocycles. The predicted molar refractivity (Wildman–Crippen MR) is 79.0 cm³/mol. The van der Waals surface area contributed by atoms with E-state index in [2.05, 4.69) is 15.9 Å². The lowest BCUT2D eigenvalue weighted by molar-refractivity contribution is 0.0509. The minimum atomic E-state index is -0.352. The highest BCUT2D eigenvalue weighted by molar-refractivity contribution is 9.10. The van der Waals surface area contributed by atoms with Crippen molar-refractivity contribution in [3.05, 3.63) is 64.1 Å². The quantitative estimate of drug-likeness (QED) is 0.693. The summed E-state index contributed by atoms with van der Waals surface area (Å²) in [4.78, 5) is 11.8. The third kappa shape index (κ3) is 3.83. The van der Waals surface area contributed by atoms with Crippen LogP contribution in [0.5, 0.6) is 0 Å². The standard InChI is InChI=1S/C15H14BrNO2/c16-13-7-6-12(10-14(13)17)15(18)19-9-8-11-4-2-1-3-5-11/h1-7,10H,8-9,17H2. The maximum atomic E-state index is 11.8. The number of carbonyl (C=O) groups is 1. The van der Waals surface area contributed by atoms with E-state index in [1.54, 1.807) is 18.2 Å². The molecule has 0 aliphatic carbocycles. The third-order valence-electron chi connectivity index (χ3n) is 2.70. The average Bonchev–Trinajstić information content (AvgIpc) is 2.43. The lowest BCUT2D eigenvalue weighted by Gasteiger charge is -2.06. The van der Waals surface area contributed by atoms with Gasteiger partial charge in [-0.05, 0) is 39.7 Å². The molecule has 0 fully saturated rings. The summed E-state index contributed by atoms with van der Waals surface area (Å²) in [5.74, 6) is -0.352. The first kappa shape index (κ1) is 13.6. The van der Waals surface area contributed by atoms with E-state index in [0.717, 1.165) is 10.0 Å². The summed E-state index contributed by atoms with van der Waals surface area (Å²) in [7, 11) is 0. The molecule has 0 amide bonds. The SMILES string of the molecule is Nc1cc(C(=O)OCCc2ccccc2)ccc1Br. The van der Waals surface area contributed by atoms with Crippen molar-refractivity contribution in [2.45, 2.75) is 6.42 Å². The molecule has 2 aromatic rings. The minimum Gasteiger partial charge on any atom is -0.462 e. The number of carbonyl (C=O) groups excluding carboxylic acids is 1. The van der Waals surface area contributed by atoms with Gasteiger partial charge in [0.05, 0.1) is 12.2 Å². The summed E-state index contributed by atoms with van der Waals surface area (Å²) in [5.41, 5.74) is 7.86. The van der Waals surface area contributed by atoms with E-state index < -0.39 is 0 Å². The zero-order chi connectivity index (χ0) is 13.7. The largest absolute Gasteiger partial charge is 0.462 e. The van der Waals surface area contributed by atoms with E-state index in [0.29, 0.717) is 24.3 Å². The second kappa shape index (κ2) is 6.38. The Morgan fingerprint density at radius 2 is 1.89 bits per heavy atom. The first-order chi connectivity index (χ1) is 9.16. The van der Waals surface area contributed by atoms with Crippen molar-refractivity contribution >= 4 is 27.6 Å². The Balaban J connectivity index is 1.89. The number of anilines is 1. The van der Waals surface area contributed by atoms with E-state index in [9.17, 15) is 4.79 Å². The van der Waals surface area contributed by atoms with Crippen molar-refractivity contribution in [2.24, 2.45) is 0 Å². The molecule has 2 aromatic carbocycles. The van der Waals surface area contributed by atoms with Gasteiger partial charge in [-0.2, -0.15) is 0 Å². The fourth-order valence-corrected chi connectivity index (χ4v) is 1.91. The highest BCUT2D eigenvalue weighted by atomic mass is 79.9. The molecule has 0 atom stereocenters. The number of ether oxygens (including phenoxy) is 1. The molecule has 0 radical (unpaired) electrons. The third-order valence-corrected chi connectivity index (χ3v) is 3.42. The van der Waals surface area contributed by atoms with Gasteiger partial charge in [0.25, 0.3) is 0 Å². The fraction of sp³-hybridized carbons (Fsp3) is 0.133.